The highest BCUT2D eigenvalue weighted by atomic mass is 15.1. The second-order valence-corrected chi connectivity index (χ2v) is 6.30. The van der Waals surface area contributed by atoms with Gasteiger partial charge in [0, 0.05) is 18.6 Å². The average molecular weight is 344 g/mol. The molecule has 0 saturated carbocycles. The molecule has 0 aliphatic carbocycles. The van der Waals surface area contributed by atoms with Crippen molar-refractivity contribution in [1.29, 1.82) is 0 Å². The number of anilines is 1. The van der Waals surface area contributed by atoms with E-state index in [1.807, 2.05) is 62.8 Å². The topological polar surface area (TPSA) is 68.5 Å². The number of hydrogen-bond donors (Lipinski definition) is 1. The van der Waals surface area contributed by atoms with Crippen LogP contribution >= 0.6 is 0 Å². The normalized spacial score (nSPS) is 11.0. The van der Waals surface area contributed by atoms with E-state index in [2.05, 4.69) is 35.9 Å². The molecule has 0 fully saturated rings. The molecular weight excluding hydrogens is 324 g/mol. The van der Waals surface area contributed by atoms with Gasteiger partial charge in [-0.15, -0.1) is 0 Å². The summed E-state index contributed by atoms with van der Waals surface area (Å²) in [7, 11) is 0. The van der Waals surface area contributed by atoms with Crippen LogP contribution in [0.5, 0.6) is 0 Å². The molecule has 0 unspecified atom stereocenters. The minimum absolute atomic E-state index is 0.612. The summed E-state index contributed by atoms with van der Waals surface area (Å²) >= 11 is 0. The van der Waals surface area contributed by atoms with Gasteiger partial charge in [0.2, 0.25) is 0 Å². The van der Waals surface area contributed by atoms with Crippen molar-refractivity contribution in [3.63, 3.8) is 0 Å². The second-order valence-electron chi connectivity index (χ2n) is 6.30. The first-order valence-corrected chi connectivity index (χ1v) is 8.58. The number of pyridine rings is 2. The van der Waals surface area contributed by atoms with Gasteiger partial charge in [0.1, 0.15) is 11.3 Å². The molecule has 0 radical (unpaired) electrons. The number of aromatic nitrogens is 5. The van der Waals surface area contributed by atoms with Crippen LogP contribution in [-0.4, -0.2) is 24.5 Å². The fourth-order valence-electron chi connectivity index (χ4n) is 2.92. The maximum absolute atomic E-state index is 4.62. The molecule has 4 rings (SSSR count). The molecule has 130 valence electrons. The SMILES string of the molecule is Cc1ccc(CNc2nc(C)nc3ccn(Cc4ccccn4)c23)nc1. The molecule has 0 saturated heterocycles. The Morgan fingerprint density at radius 2 is 1.88 bits per heavy atom. The lowest BCUT2D eigenvalue weighted by Gasteiger charge is -2.11. The van der Waals surface area contributed by atoms with Gasteiger partial charge in [0.05, 0.1) is 30.0 Å². The van der Waals surface area contributed by atoms with Crippen molar-refractivity contribution in [3.8, 4) is 0 Å². The number of nitrogens with zero attached hydrogens (tertiary/aromatic N) is 5. The molecule has 0 atom stereocenters. The van der Waals surface area contributed by atoms with Crippen molar-refractivity contribution < 1.29 is 0 Å². The highest BCUT2D eigenvalue weighted by Crippen LogP contribution is 2.23. The molecular formula is C20H20N6. The first-order valence-electron chi connectivity index (χ1n) is 8.58. The Labute approximate surface area is 152 Å². The Kier molecular flexibility index (Phi) is 4.31. The van der Waals surface area contributed by atoms with E-state index in [0.717, 1.165) is 39.6 Å². The van der Waals surface area contributed by atoms with Crippen LogP contribution in [0.25, 0.3) is 11.0 Å². The zero-order valence-corrected chi connectivity index (χ0v) is 14.8. The van der Waals surface area contributed by atoms with Crippen molar-refractivity contribution in [1.82, 2.24) is 24.5 Å². The lowest BCUT2D eigenvalue weighted by molar-refractivity contribution is 0.804. The van der Waals surface area contributed by atoms with E-state index in [-0.39, 0.29) is 0 Å². The molecule has 4 aromatic rings. The van der Waals surface area contributed by atoms with Gasteiger partial charge in [-0.25, -0.2) is 9.97 Å². The number of aryl methyl sites for hydroxylation is 2. The maximum Gasteiger partial charge on any atom is 0.154 e. The lowest BCUT2D eigenvalue weighted by atomic mass is 10.3. The van der Waals surface area contributed by atoms with Gasteiger partial charge in [-0.3, -0.25) is 9.97 Å². The third-order valence-corrected chi connectivity index (χ3v) is 4.19. The third kappa shape index (κ3) is 3.39. The van der Waals surface area contributed by atoms with E-state index in [9.17, 15) is 0 Å². The van der Waals surface area contributed by atoms with Crippen LogP contribution in [0.15, 0.2) is 55.0 Å². The molecule has 6 nitrogen and oxygen atoms in total. The summed E-state index contributed by atoms with van der Waals surface area (Å²) in [5.41, 5.74) is 5.03. The Morgan fingerprint density at radius 1 is 0.962 bits per heavy atom. The van der Waals surface area contributed by atoms with Crippen LogP contribution in [0.3, 0.4) is 0 Å². The van der Waals surface area contributed by atoms with Crippen molar-refractivity contribution in [3.05, 3.63) is 77.8 Å². The number of hydrogen-bond acceptors (Lipinski definition) is 5. The van der Waals surface area contributed by atoms with Crippen LogP contribution in [0.2, 0.25) is 0 Å². The number of fused-ring (bicyclic) bond motifs is 1. The third-order valence-electron chi connectivity index (χ3n) is 4.19. The van der Waals surface area contributed by atoms with E-state index >= 15 is 0 Å². The fraction of sp³-hybridized carbons (Fsp3) is 0.200. The summed E-state index contributed by atoms with van der Waals surface area (Å²) < 4.78 is 2.13. The first-order chi connectivity index (χ1) is 12.7. The first kappa shape index (κ1) is 16.2. The van der Waals surface area contributed by atoms with Crippen molar-refractivity contribution in [2.45, 2.75) is 26.9 Å². The highest BCUT2D eigenvalue weighted by molar-refractivity contribution is 5.86. The van der Waals surface area contributed by atoms with Gasteiger partial charge in [0.15, 0.2) is 5.82 Å². The smallest absolute Gasteiger partial charge is 0.154 e. The molecule has 0 aromatic carbocycles. The van der Waals surface area contributed by atoms with Gasteiger partial charge in [-0.2, -0.15) is 0 Å². The summed E-state index contributed by atoms with van der Waals surface area (Å²) in [5, 5.41) is 3.42. The summed E-state index contributed by atoms with van der Waals surface area (Å²) in [5.74, 6) is 1.56. The van der Waals surface area contributed by atoms with Crippen LogP contribution < -0.4 is 5.32 Å². The van der Waals surface area contributed by atoms with E-state index < -0.39 is 0 Å². The molecule has 1 N–H and O–H groups in total. The van der Waals surface area contributed by atoms with Gasteiger partial charge < -0.3 is 9.88 Å². The van der Waals surface area contributed by atoms with Crippen molar-refractivity contribution in [2.24, 2.45) is 0 Å². The summed E-state index contributed by atoms with van der Waals surface area (Å²) in [6.45, 7) is 5.23. The lowest BCUT2D eigenvalue weighted by Crippen LogP contribution is -2.08. The van der Waals surface area contributed by atoms with Gasteiger partial charge in [0.25, 0.3) is 0 Å². The Bertz CT molecular complexity index is 1020. The van der Waals surface area contributed by atoms with E-state index in [4.69, 9.17) is 0 Å². The molecule has 4 heterocycles. The van der Waals surface area contributed by atoms with Crippen LogP contribution in [0, 0.1) is 13.8 Å². The molecule has 0 aliphatic heterocycles. The Balaban J connectivity index is 1.66. The van der Waals surface area contributed by atoms with Crippen LogP contribution in [0.1, 0.15) is 22.8 Å². The van der Waals surface area contributed by atoms with Crippen molar-refractivity contribution in [2.75, 3.05) is 5.32 Å². The predicted octanol–water partition coefficient (Wildman–Crippen LogP) is 3.50. The maximum atomic E-state index is 4.62. The van der Waals surface area contributed by atoms with E-state index in [0.29, 0.717) is 13.1 Å². The Morgan fingerprint density at radius 3 is 2.65 bits per heavy atom. The van der Waals surface area contributed by atoms with Gasteiger partial charge >= 0.3 is 0 Å². The highest BCUT2D eigenvalue weighted by Gasteiger charge is 2.12. The second kappa shape index (κ2) is 6.92. The minimum Gasteiger partial charge on any atom is -0.363 e. The molecule has 0 aliphatic rings. The van der Waals surface area contributed by atoms with Crippen LogP contribution in [-0.2, 0) is 13.1 Å². The van der Waals surface area contributed by atoms with Gasteiger partial charge in [-0.05, 0) is 43.7 Å². The molecule has 0 bridgehead atoms. The van der Waals surface area contributed by atoms with Gasteiger partial charge in [-0.1, -0.05) is 12.1 Å². The standard InChI is InChI=1S/C20H20N6/c1-14-6-7-16(22-11-14)12-23-20-19-18(24-15(2)25-20)8-10-26(19)13-17-5-3-4-9-21-17/h3-11H,12-13H2,1-2H3,(H,23,24,25). The molecule has 4 aromatic heterocycles. The fourth-order valence-corrected chi connectivity index (χ4v) is 2.92. The zero-order valence-electron chi connectivity index (χ0n) is 14.8. The Hall–Kier alpha value is -3.28. The zero-order chi connectivity index (χ0) is 17.9. The van der Waals surface area contributed by atoms with E-state index in [1.165, 1.54) is 0 Å². The van der Waals surface area contributed by atoms with Crippen molar-refractivity contribution >= 4 is 16.9 Å². The molecule has 0 spiro atoms. The predicted molar refractivity (Wildman–Crippen MR) is 102 cm³/mol. The quantitative estimate of drug-likeness (QED) is 0.600. The number of nitrogens with one attached hydrogen (secondary N) is 1. The molecule has 0 amide bonds. The summed E-state index contributed by atoms with van der Waals surface area (Å²) in [6.07, 6.45) is 5.72. The monoisotopic (exact) mass is 344 g/mol. The minimum atomic E-state index is 0.612. The molecule has 6 heteroatoms. The summed E-state index contributed by atoms with van der Waals surface area (Å²) in [6, 6.07) is 12.0. The summed E-state index contributed by atoms with van der Waals surface area (Å²) in [4.78, 5) is 18.0. The molecule has 26 heavy (non-hydrogen) atoms. The number of rotatable bonds is 5. The largest absolute Gasteiger partial charge is 0.363 e. The average Bonchev–Trinajstić information content (AvgIpc) is 3.04. The van der Waals surface area contributed by atoms with E-state index in [1.54, 1.807) is 0 Å². The van der Waals surface area contributed by atoms with Crippen LogP contribution in [0.4, 0.5) is 5.82 Å².